The highest BCUT2D eigenvalue weighted by Gasteiger charge is 2.41. The van der Waals surface area contributed by atoms with Gasteiger partial charge in [0.2, 0.25) is 5.91 Å². The van der Waals surface area contributed by atoms with Gasteiger partial charge in [-0.1, -0.05) is 13.3 Å². The van der Waals surface area contributed by atoms with Gasteiger partial charge in [-0.15, -0.1) is 0 Å². The SMILES string of the molecule is CCCCOC1CCN(C2CC(C(=O)N3CCN(C(C)C)CC3)C2)CC1. The summed E-state index contributed by atoms with van der Waals surface area (Å²) < 4.78 is 5.98. The van der Waals surface area contributed by atoms with E-state index in [1.807, 2.05) is 0 Å². The first kappa shape index (κ1) is 20.1. The smallest absolute Gasteiger partial charge is 0.225 e. The van der Waals surface area contributed by atoms with E-state index >= 15 is 0 Å². The molecule has 0 N–H and O–H groups in total. The molecule has 0 bridgehead atoms. The topological polar surface area (TPSA) is 36.0 Å². The molecular weight excluding hydrogens is 326 g/mol. The van der Waals surface area contributed by atoms with Crippen LogP contribution in [0.2, 0.25) is 0 Å². The summed E-state index contributed by atoms with van der Waals surface area (Å²) in [7, 11) is 0. The average Bonchev–Trinajstić information content (AvgIpc) is 2.62. The number of piperidine rings is 1. The molecule has 150 valence electrons. The summed E-state index contributed by atoms with van der Waals surface area (Å²) in [5.74, 6) is 0.701. The molecule has 0 aromatic carbocycles. The Morgan fingerprint density at radius 2 is 1.69 bits per heavy atom. The fourth-order valence-corrected chi connectivity index (χ4v) is 4.61. The van der Waals surface area contributed by atoms with Crippen LogP contribution < -0.4 is 0 Å². The Morgan fingerprint density at radius 1 is 1.04 bits per heavy atom. The van der Waals surface area contributed by atoms with Gasteiger partial charge in [0.05, 0.1) is 6.10 Å². The molecule has 0 aromatic heterocycles. The number of amides is 1. The molecular formula is C21H39N3O2. The maximum absolute atomic E-state index is 12.8. The molecule has 1 saturated carbocycles. The van der Waals surface area contributed by atoms with Crippen LogP contribution in [0.25, 0.3) is 0 Å². The highest BCUT2D eigenvalue weighted by Crippen LogP contribution is 2.35. The molecule has 5 nitrogen and oxygen atoms in total. The average molecular weight is 366 g/mol. The van der Waals surface area contributed by atoms with Crippen molar-refractivity contribution in [2.24, 2.45) is 5.92 Å². The highest BCUT2D eigenvalue weighted by molar-refractivity contribution is 5.80. The van der Waals surface area contributed by atoms with E-state index in [2.05, 4.69) is 35.5 Å². The van der Waals surface area contributed by atoms with E-state index in [-0.39, 0.29) is 5.92 Å². The maximum Gasteiger partial charge on any atom is 0.225 e. The van der Waals surface area contributed by atoms with Gasteiger partial charge in [-0.05, 0) is 46.0 Å². The van der Waals surface area contributed by atoms with E-state index in [0.717, 1.165) is 71.6 Å². The second-order valence-corrected chi connectivity index (χ2v) is 8.74. The first-order valence-electron chi connectivity index (χ1n) is 11.0. The first-order valence-corrected chi connectivity index (χ1v) is 11.0. The lowest BCUT2D eigenvalue weighted by molar-refractivity contribution is -0.143. The summed E-state index contributed by atoms with van der Waals surface area (Å²) in [5.41, 5.74) is 0. The van der Waals surface area contributed by atoms with E-state index in [0.29, 0.717) is 24.1 Å². The van der Waals surface area contributed by atoms with Crippen LogP contribution in [0.15, 0.2) is 0 Å². The Kier molecular flexibility index (Phi) is 7.35. The fourth-order valence-electron chi connectivity index (χ4n) is 4.61. The van der Waals surface area contributed by atoms with Crippen molar-refractivity contribution in [1.82, 2.24) is 14.7 Å². The molecule has 26 heavy (non-hydrogen) atoms. The number of ether oxygens (including phenoxy) is 1. The Bertz CT molecular complexity index is 435. The Hall–Kier alpha value is -0.650. The van der Waals surface area contributed by atoms with Gasteiger partial charge in [-0.3, -0.25) is 9.69 Å². The van der Waals surface area contributed by atoms with Gasteiger partial charge < -0.3 is 14.5 Å². The van der Waals surface area contributed by atoms with Gasteiger partial charge in [-0.2, -0.15) is 0 Å². The molecule has 3 rings (SSSR count). The van der Waals surface area contributed by atoms with Crippen molar-refractivity contribution in [3.05, 3.63) is 0 Å². The summed E-state index contributed by atoms with van der Waals surface area (Å²) in [6, 6.07) is 1.23. The van der Waals surface area contributed by atoms with E-state index < -0.39 is 0 Å². The second-order valence-electron chi connectivity index (χ2n) is 8.74. The van der Waals surface area contributed by atoms with Crippen LogP contribution in [0.1, 0.15) is 59.3 Å². The first-order chi connectivity index (χ1) is 12.6. The lowest BCUT2D eigenvalue weighted by Gasteiger charge is -2.47. The summed E-state index contributed by atoms with van der Waals surface area (Å²) in [5, 5.41) is 0. The summed E-state index contributed by atoms with van der Waals surface area (Å²) >= 11 is 0. The van der Waals surface area contributed by atoms with Crippen LogP contribution in [0, 0.1) is 5.92 Å². The summed E-state index contributed by atoms with van der Waals surface area (Å²) in [6.07, 6.45) is 7.33. The molecule has 2 aliphatic heterocycles. The predicted octanol–water partition coefficient (Wildman–Crippen LogP) is 2.60. The van der Waals surface area contributed by atoms with Crippen LogP contribution in [0.4, 0.5) is 0 Å². The van der Waals surface area contributed by atoms with Gasteiger partial charge in [0.25, 0.3) is 0 Å². The molecule has 0 radical (unpaired) electrons. The number of carbonyl (C=O) groups is 1. The molecule has 3 fully saturated rings. The van der Waals surface area contributed by atoms with Crippen LogP contribution in [-0.4, -0.2) is 84.7 Å². The van der Waals surface area contributed by atoms with Crippen LogP contribution >= 0.6 is 0 Å². The normalized spacial score (nSPS) is 29.2. The van der Waals surface area contributed by atoms with Gasteiger partial charge in [0.1, 0.15) is 0 Å². The molecule has 0 unspecified atom stereocenters. The van der Waals surface area contributed by atoms with Crippen molar-refractivity contribution >= 4 is 5.91 Å². The molecule has 3 aliphatic rings. The van der Waals surface area contributed by atoms with Gasteiger partial charge in [-0.25, -0.2) is 0 Å². The van der Waals surface area contributed by atoms with Crippen molar-refractivity contribution in [1.29, 1.82) is 0 Å². The van der Waals surface area contributed by atoms with Crippen LogP contribution in [-0.2, 0) is 9.53 Å². The van der Waals surface area contributed by atoms with Gasteiger partial charge >= 0.3 is 0 Å². The van der Waals surface area contributed by atoms with Crippen molar-refractivity contribution in [2.75, 3.05) is 45.9 Å². The number of piperazine rings is 1. The number of rotatable bonds is 7. The third-order valence-corrected chi connectivity index (χ3v) is 6.66. The fraction of sp³-hybridized carbons (Fsp3) is 0.952. The Morgan fingerprint density at radius 3 is 2.27 bits per heavy atom. The molecule has 2 heterocycles. The number of nitrogens with zero attached hydrogens (tertiary/aromatic N) is 3. The number of hydrogen-bond acceptors (Lipinski definition) is 4. The molecule has 0 atom stereocenters. The Labute approximate surface area is 160 Å². The van der Waals surface area contributed by atoms with Crippen molar-refractivity contribution in [3.8, 4) is 0 Å². The number of unbranched alkanes of at least 4 members (excludes halogenated alkanes) is 1. The summed E-state index contributed by atoms with van der Waals surface area (Å²) in [4.78, 5) is 20.0. The molecule has 2 saturated heterocycles. The summed E-state index contributed by atoms with van der Waals surface area (Å²) in [6.45, 7) is 13.8. The zero-order chi connectivity index (χ0) is 18.5. The maximum atomic E-state index is 12.8. The standard InChI is InChI=1S/C21H39N3O2/c1-4-5-14-26-20-6-8-23(9-7-20)19-15-18(16-19)21(25)24-12-10-22(11-13-24)17(2)3/h17-20H,4-16H2,1-3H3. The zero-order valence-corrected chi connectivity index (χ0v) is 17.2. The van der Waals surface area contributed by atoms with Gasteiger partial charge in [0.15, 0.2) is 0 Å². The lowest BCUT2D eigenvalue weighted by Crippen LogP contribution is -2.56. The third-order valence-electron chi connectivity index (χ3n) is 6.66. The monoisotopic (exact) mass is 365 g/mol. The molecule has 1 amide bonds. The lowest BCUT2D eigenvalue weighted by atomic mass is 9.77. The van der Waals surface area contributed by atoms with Gasteiger partial charge in [0, 0.05) is 63.9 Å². The highest BCUT2D eigenvalue weighted by atomic mass is 16.5. The van der Waals surface area contributed by atoms with E-state index in [1.54, 1.807) is 0 Å². The number of carbonyl (C=O) groups excluding carboxylic acids is 1. The second kappa shape index (κ2) is 9.52. The largest absolute Gasteiger partial charge is 0.378 e. The minimum Gasteiger partial charge on any atom is -0.378 e. The molecule has 1 aliphatic carbocycles. The third kappa shape index (κ3) is 4.99. The van der Waals surface area contributed by atoms with Crippen LogP contribution in [0.3, 0.4) is 0 Å². The Balaban J connectivity index is 1.33. The minimum absolute atomic E-state index is 0.282. The van der Waals surface area contributed by atoms with E-state index in [4.69, 9.17) is 4.74 Å². The molecule has 5 heteroatoms. The zero-order valence-electron chi connectivity index (χ0n) is 17.2. The van der Waals surface area contributed by atoms with E-state index in [1.165, 1.54) is 12.8 Å². The van der Waals surface area contributed by atoms with Crippen molar-refractivity contribution < 1.29 is 9.53 Å². The number of hydrogen-bond donors (Lipinski definition) is 0. The van der Waals surface area contributed by atoms with Crippen LogP contribution in [0.5, 0.6) is 0 Å². The minimum atomic E-state index is 0.282. The van der Waals surface area contributed by atoms with E-state index in [9.17, 15) is 4.79 Å². The quantitative estimate of drug-likeness (QED) is 0.650. The van der Waals surface area contributed by atoms with Crippen molar-refractivity contribution in [3.63, 3.8) is 0 Å². The number of likely N-dealkylation sites (tertiary alicyclic amines) is 1. The molecule has 0 spiro atoms. The predicted molar refractivity (Wildman–Crippen MR) is 105 cm³/mol. The van der Waals surface area contributed by atoms with Crippen molar-refractivity contribution in [2.45, 2.75) is 77.5 Å². The molecule has 0 aromatic rings.